The Bertz CT molecular complexity index is 1010. The van der Waals surface area contributed by atoms with Crippen molar-refractivity contribution in [3.05, 3.63) is 64.7 Å². The molecule has 200 valence electrons. The second-order valence-corrected chi connectivity index (χ2v) is 8.38. The number of hydrogen-bond donors (Lipinski definition) is 3. The van der Waals surface area contributed by atoms with E-state index >= 15 is 4.39 Å². The first-order valence-corrected chi connectivity index (χ1v) is 11.4. The number of ether oxygens (including phenoxy) is 2. The average Bonchev–Trinajstić information content (AvgIpc) is 2.82. The molecule has 1 fully saturated rings. The molecule has 36 heavy (non-hydrogen) atoms. The number of likely N-dealkylation sites (tertiary alicyclic amines) is 1. The fraction of sp³-hybridized carbons (Fsp3) is 0.440. The zero-order valence-electron chi connectivity index (χ0n) is 20.4. The van der Waals surface area contributed by atoms with Gasteiger partial charge in [0.2, 0.25) is 0 Å². The molecule has 2 aromatic carbocycles. The SMILES string of the molecule is CCOC(C(=O)NCc1ccc(C(=N)N)cc1)c1c(F)ccc(OCC2CCCCN2C)c1F.Cl.Cl. The quantitative estimate of drug-likeness (QED) is 0.304. The standard InChI is InChI=1S/C25H32F2N4O3.2ClH/c1-3-33-23(25(32)30-14-16-7-9-17(10-8-16)24(28)29)21-19(26)11-12-20(22(21)27)34-15-18-6-4-5-13-31(18)2;;/h7-12,18,23H,3-6,13-15H2,1-2H3,(H3,28,29)(H,30,32);2*1H. The van der Waals surface area contributed by atoms with Gasteiger partial charge in [0.15, 0.2) is 17.7 Å². The Balaban J connectivity index is 0.00000324. The molecule has 11 heteroatoms. The van der Waals surface area contributed by atoms with Crippen LogP contribution < -0.4 is 15.8 Å². The summed E-state index contributed by atoms with van der Waals surface area (Å²) < 4.78 is 41.2. The van der Waals surface area contributed by atoms with Crippen LogP contribution in [0.3, 0.4) is 0 Å². The fourth-order valence-corrected chi connectivity index (χ4v) is 3.98. The lowest BCUT2D eigenvalue weighted by Gasteiger charge is -2.32. The largest absolute Gasteiger partial charge is 0.489 e. The average molecular weight is 547 g/mol. The number of nitrogen functional groups attached to an aromatic ring is 1. The Morgan fingerprint density at radius 1 is 1.19 bits per heavy atom. The molecule has 0 saturated carbocycles. The molecule has 1 amide bonds. The van der Waals surface area contributed by atoms with Crippen LogP contribution in [-0.4, -0.2) is 49.5 Å². The lowest BCUT2D eigenvalue weighted by Crippen LogP contribution is -2.40. The maximum atomic E-state index is 15.3. The molecule has 3 rings (SSSR count). The van der Waals surface area contributed by atoms with Crippen molar-refractivity contribution < 1.29 is 23.0 Å². The predicted molar refractivity (Wildman–Crippen MR) is 140 cm³/mol. The van der Waals surface area contributed by atoms with Crippen LogP contribution in [0.1, 0.15) is 49.0 Å². The number of rotatable bonds is 10. The van der Waals surface area contributed by atoms with E-state index < -0.39 is 29.2 Å². The van der Waals surface area contributed by atoms with Crippen molar-refractivity contribution in [3.8, 4) is 5.75 Å². The van der Waals surface area contributed by atoms with E-state index in [0.717, 1.165) is 37.4 Å². The van der Waals surface area contributed by atoms with E-state index in [1.54, 1.807) is 31.2 Å². The lowest BCUT2D eigenvalue weighted by atomic mass is 10.0. The molecule has 2 atom stereocenters. The van der Waals surface area contributed by atoms with Crippen molar-refractivity contribution in [1.82, 2.24) is 10.2 Å². The third kappa shape index (κ3) is 8.03. The highest BCUT2D eigenvalue weighted by Crippen LogP contribution is 2.31. The predicted octanol–water partition coefficient (Wildman–Crippen LogP) is 4.35. The summed E-state index contributed by atoms with van der Waals surface area (Å²) in [5.74, 6) is -2.64. The number of nitrogens with one attached hydrogen (secondary N) is 2. The highest BCUT2D eigenvalue weighted by atomic mass is 35.5. The lowest BCUT2D eigenvalue weighted by molar-refractivity contribution is -0.133. The Morgan fingerprint density at radius 3 is 2.50 bits per heavy atom. The van der Waals surface area contributed by atoms with Crippen LogP contribution in [0, 0.1) is 17.0 Å². The maximum Gasteiger partial charge on any atom is 0.254 e. The Labute approximate surface area is 223 Å². The number of benzene rings is 2. The van der Waals surface area contributed by atoms with Crippen molar-refractivity contribution in [2.75, 3.05) is 26.8 Å². The van der Waals surface area contributed by atoms with E-state index in [0.29, 0.717) is 5.56 Å². The van der Waals surface area contributed by atoms with Crippen molar-refractivity contribution in [2.45, 2.75) is 44.9 Å². The Kier molecular flexibility index (Phi) is 13.1. The first-order chi connectivity index (χ1) is 16.3. The van der Waals surface area contributed by atoms with Crippen molar-refractivity contribution >= 4 is 36.6 Å². The van der Waals surface area contributed by atoms with Gasteiger partial charge in [-0.2, -0.15) is 0 Å². The molecule has 0 spiro atoms. The molecule has 1 aliphatic rings. The normalized spacial score (nSPS) is 16.3. The number of nitrogens with two attached hydrogens (primary N) is 1. The summed E-state index contributed by atoms with van der Waals surface area (Å²) in [6, 6.07) is 9.24. The molecule has 2 aromatic rings. The number of amidine groups is 1. The van der Waals surface area contributed by atoms with Crippen molar-refractivity contribution in [2.24, 2.45) is 5.73 Å². The number of carbonyl (C=O) groups excluding carboxylic acids is 1. The molecule has 2 unspecified atom stereocenters. The number of hydrogen-bond acceptors (Lipinski definition) is 5. The zero-order valence-corrected chi connectivity index (χ0v) is 22.0. The minimum absolute atomic E-state index is 0. The summed E-state index contributed by atoms with van der Waals surface area (Å²) >= 11 is 0. The van der Waals surface area contributed by atoms with Gasteiger partial charge in [0, 0.05) is 24.8 Å². The van der Waals surface area contributed by atoms with E-state index in [9.17, 15) is 9.18 Å². The molecule has 7 nitrogen and oxygen atoms in total. The van der Waals surface area contributed by atoms with Crippen LogP contribution in [0.2, 0.25) is 0 Å². The molecule has 1 heterocycles. The van der Waals surface area contributed by atoms with Gasteiger partial charge in [-0.05, 0) is 51.1 Å². The van der Waals surface area contributed by atoms with E-state index in [2.05, 4.69) is 10.2 Å². The summed E-state index contributed by atoms with van der Waals surface area (Å²) in [7, 11) is 2.00. The fourth-order valence-electron chi connectivity index (χ4n) is 3.98. The number of piperidine rings is 1. The zero-order chi connectivity index (χ0) is 24.7. The topological polar surface area (TPSA) is 101 Å². The highest BCUT2D eigenvalue weighted by molar-refractivity contribution is 5.94. The summed E-state index contributed by atoms with van der Waals surface area (Å²) in [6.07, 6.45) is 1.68. The van der Waals surface area contributed by atoms with Gasteiger partial charge >= 0.3 is 0 Å². The van der Waals surface area contributed by atoms with Crippen LogP contribution in [0.5, 0.6) is 5.75 Å². The first kappa shape index (κ1) is 31.6. The number of halogens is 4. The van der Waals surface area contributed by atoms with Crippen molar-refractivity contribution in [1.29, 1.82) is 5.41 Å². The second-order valence-electron chi connectivity index (χ2n) is 8.38. The molecular weight excluding hydrogens is 513 g/mol. The molecule has 0 aromatic heterocycles. The third-order valence-electron chi connectivity index (χ3n) is 6.01. The monoisotopic (exact) mass is 546 g/mol. The summed E-state index contributed by atoms with van der Waals surface area (Å²) in [4.78, 5) is 15.0. The molecule has 1 aliphatic heterocycles. The van der Waals surface area contributed by atoms with Gasteiger partial charge in [0.05, 0.1) is 5.56 Å². The molecule has 0 radical (unpaired) electrons. The first-order valence-electron chi connectivity index (χ1n) is 11.4. The van der Waals surface area contributed by atoms with E-state index in [-0.39, 0.29) is 62.2 Å². The number of carbonyl (C=O) groups is 1. The van der Waals surface area contributed by atoms with Crippen LogP contribution >= 0.6 is 24.8 Å². The number of amides is 1. The summed E-state index contributed by atoms with van der Waals surface area (Å²) in [5, 5.41) is 10.1. The van der Waals surface area contributed by atoms with E-state index in [1.807, 2.05) is 7.05 Å². The number of likely N-dealkylation sites (N-methyl/N-ethyl adjacent to an activating group) is 1. The maximum absolute atomic E-state index is 15.3. The third-order valence-corrected chi connectivity index (χ3v) is 6.01. The Hall–Kier alpha value is -2.46. The molecule has 0 aliphatic carbocycles. The van der Waals surface area contributed by atoms with Crippen LogP contribution in [0.15, 0.2) is 36.4 Å². The van der Waals surface area contributed by atoms with Crippen LogP contribution in [-0.2, 0) is 16.1 Å². The molecular formula is C25H34Cl2F2N4O3. The summed E-state index contributed by atoms with van der Waals surface area (Å²) in [5.41, 5.74) is 6.27. The van der Waals surface area contributed by atoms with E-state index in [1.165, 1.54) is 6.07 Å². The smallest absolute Gasteiger partial charge is 0.254 e. The summed E-state index contributed by atoms with van der Waals surface area (Å²) in [6.45, 7) is 3.08. The van der Waals surface area contributed by atoms with Gasteiger partial charge in [0.1, 0.15) is 18.3 Å². The Morgan fingerprint density at radius 2 is 1.89 bits per heavy atom. The van der Waals surface area contributed by atoms with Crippen LogP contribution in [0.4, 0.5) is 8.78 Å². The molecule has 4 N–H and O–H groups in total. The van der Waals surface area contributed by atoms with E-state index in [4.69, 9.17) is 20.6 Å². The van der Waals surface area contributed by atoms with Gasteiger partial charge in [-0.1, -0.05) is 30.7 Å². The highest BCUT2D eigenvalue weighted by Gasteiger charge is 2.30. The van der Waals surface area contributed by atoms with Gasteiger partial charge in [0.25, 0.3) is 5.91 Å². The van der Waals surface area contributed by atoms with Gasteiger partial charge in [-0.25, -0.2) is 8.78 Å². The minimum Gasteiger partial charge on any atom is -0.489 e. The molecule has 0 bridgehead atoms. The second kappa shape index (κ2) is 14.9. The van der Waals surface area contributed by atoms with Crippen molar-refractivity contribution in [3.63, 3.8) is 0 Å². The van der Waals surface area contributed by atoms with Gasteiger partial charge in [-0.15, -0.1) is 24.8 Å². The molecule has 1 saturated heterocycles. The van der Waals surface area contributed by atoms with Gasteiger partial charge < -0.3 is 25.4 Å². The van der Waals surface area contributed by atoms with Crippen LogP contribution in [0.25, 0.3) is 0 Å². The van der Waals surface area contributed by atoms with Gasteiger partial charge in [-0.3, -0.25) is 10.2 Å². The number of nitrogens with zero attached hydrogens (tertiary/aromatic N) is 1. The minimum atomic E-state index is -1.47.